The molecule has 0 heterocycles. The van der Waals surface area contributed by atoms with Crippen LogP contribution in [0.2, 0.25) is 10.0 Å². The summed E-state index contributed by atoms with van der Waals surface area (Å²) < 4.78 is 33.9. The Balaban J connectivity index is 2.03. The van der Waals surface area contributed by atoms with Gasteiger partial charge in [0.2, 0.25) is 11.8 Å². The molecule has 8 nitrogen and oxygen atoms in total. The SMILES string of the molecule is CC[C@@H](C)NC(=O)[C@H](C)N(Cc1ccccc1Cl)C(=O)CN(c1ccc(Cl)cc1)S(=O)(=O)c1ccc(OC)cc1. The van der Waals surface area contributed by atoms with E-state index in [2.05, 4.69) is 5.32 Å². The lowest BCUT2D eigenvalue weighted by Crippen LogP contribution is -2.52. The average molecular weight is 607 g/mol. The van der Waals surface area contributed by atoms with E-state index in [-0.39, 0.29) is 29.1 Å². The van der Waals surface area contributed by atoms with Crippen LogP contribution in [-0.2, 0) is 26.2 Å². The monoisotopic (exact) mass is 605 g/mol. The summed E-state index contributed by atoms with van der Waals surface area (Å²) in [5, 5.41) is 3.73. The van der Waals surface area contributed by atoms with Crippen molar-refractivity contribution >= 4 is 50.7 Å². The van der Waals surface area contributed by atoms with Gasteiger partial charge in [0.1, 0.15) is 18.3 Å². The molecule has 0 spiro atoms. The maximum absolute atomic E-state index is 13.9. The highest BCUT2D eigenvalue weighted by Gasteiger charge is 2.33. The Labute approximate surface area is 245 Å². The van der Waals surface area contributed by atoms with E-state index in [0.717, 1.165) is 4.31 Å². The maximum atomic E-state index is 13.9. The Kier molecular flexibility index (Phi) is 10.8. The number of hydrogen-bond acceptors (Lipinski definition) is 5. The number of carbonyl (C=O) groups is 2. The molecule has 40 heavy (non-hydrogen) atoms. The molecule has 11 heteroatoms. The number of benzene rings is 3. The molecule has 2 atom stereocenters. The van der Waals surface area contributed by atoms with E-state index in [4.69, 9.17) is 27.9 Å². The number of nitrogens with zero attached hydrogens (tertiary/aromatic N) is 2. The molecule has 0 fully saturated rings. The number of rotatable bonds is 12. The number of hydrogen-bond donors (Lipinski definition) is 1. The number of ether oxygens (including phenoxy) is 1. The normalized spacial score (nSPS) is 12.8. The predicted octanol–water partition coefficient (Wildman–Crippen LogP) is 5.53. The van der Waals surface area contributed by atoms with E-state index < -0.39 is 28.5 Å². The fourth-order valence-corrected chi connectivity index (χ4v) is 5.60. The third-order valence-corrected chi connectivity index (χ3v) is 8.92. The van der Waals surface area contributed by atoms with Crippen LogP contribution in [0.5, 0.6) is 5.75 Å². The molecule has 0 aliphatic rings. The van der Waals surface area contributed by atoms with Crippen LogP contribution in [-0.4, -0.2) is 50.9 Å². The molecule has 0 unspecified atom stereocenters. The molecule has 0 aromatic heterocycles. The molecule has 0 saturated heterocycles. The van der Waals surface area contributed by atoms with E-state index in [9.17, 15) is 18.0 Å². The van der Waals surface area contributed by atoms with Crippen LogP contribution in [0.15, 0.2) is 77.7 Å². The fraction of sp³-hybridized carbons (Fsp3) is 0.310. The molecule has 0 radical (unpaired) electrons. The first-order valence-electron chi connectivity index (χ1n) is 12.7. The van der Waals surface area contributed by atoms with Crippen molar-refractivity contribution < 1.29 is 22.7 Å². The lowest BCUT2D eigenvalue weighted by Gasteiger charge is -2.32. The number of anilines is 1. The molecule has 1 N–H and O–H groups in total. The number of nitrogens with one attached hydrogen (secondary N) is 1. The van der Waals surface area contributed by atoms with E-state index in [1.54, 1.807) is 43.3 Å². The molecule has 3 aromatic rings. The minimum atomic E-state index is -4.21. The maximum Gasteiger partial charge on any atom is 0.264 e. The molecule has 0 aliphatic carbocycles. The third-order valence-electron chi connectivity index (χ3n) is 6.51. The lowest BCUT2D eigenvalue weighted by atomic mass is 10.1. The summed E-state index contributed by atoms with van der Waals surface area (Å²) >= 11 is 12.4. The average Bonchev–Trinajstić information content (AvgIpc) is 2.95. The van der Waals surface area contributed by atoms with E-state index in [1.807, 2.05) is 13.8 Å². The zero-order valence-electron chi connectivity index (χ0n) is 22.8. The first-order valence-corrected chi connectivity index (χ1v) is 14.9. The Morgan fingerprint density at radius 1 is 0.950 bits per heavy atom. The second kappa shape index (κ2) is 13.9. The van der Waals surface area contributed by atoms with Gasteiger partial charge in [-0.1, -0.05) is 48.3 Å². The van der Waals surface area contributed by atoms with Gasteiger partial charge in [0.15, 0.2) is 0 Å². The highest BCUT2D eigenvalue weighted by atomic mass is 35.5. The van der Waals surface area contributed by atoms with Crippen molar-refractivity contribution in [2.24, 2.45) is 0 Å². The van der Waals surface area contributed by atoms with Gasteiger partial charge in [-0.2, -0.15) is 0 Å². The molecule has 0 aliphatic heterocycles. The topological polar surface area (TPSA) is 96.0 Å². The highest BCUT2D eigenvalue weighted by molar-refractivity contribution is 7.92. The van der Waals surface area contributed by atoms with Crippen LogP contribution >= 0.6 is 23.2 Å². The van der Waals surface area contributed by atoms with Crippen LogP contribution in [0, 0.1) is 0 Å². The first-order chi connectivity index (χ1) is 19.0. The van der Waals surface area contributed by atoms with Gasteiger partial charge in [-0.25, -0.2) is 8.42 Å². The van der Waals surface area contributed by atoms with Crippen LogP contribution < -0.4 is 14.4 Å². The third kappa shape index (κ3) is 7.68. The van der Waals surface area contributed by atoms with Crippen LogP contribution in [0.4, 0.5) is 5.69 Å². The van der Waals surface area contributed by atoms with E-state index >= 15 is 0 Å². The Morgan fingerprint density at radius 2 is 1.57 bits per heavy atom. The summed E-state index contributed by atoms with van der Waals surface area (Å²) in [6.45, 7) is 4.86. The molecule has 2 amide bonds. The number of sulfonamides is 1. The number of amides is 2. The Morgan fingerprint density at radius 3 is 2.15 bits per heavy atom. The number of methoxy groups -OCH3 is 1. The standard InChI is InChI=1S/C29H33Cl2N3O5S/c1-5-20(2)32-29(36)21(3)33(18-22-8-6-7-9-27(22)31)28(35)19-34(24-12-10-23(30)11-13-24)40(37,38)26-16-14-25(39-4)15-17-26/h6-17,20-21H,5,18-19H2,1-4H3,(H,32,36)/t20-,21+/m1/s1. The largest absolute Gasteiger partial charge is 0.497 e. The van der Waals surface area contributed by atoms with Gasteiger partial charge in [0, 0.05) is 22.6 Å². The summed E-state index contributed by atoms with van der Waals surface area (Å²) in [6, 6.07) is 18.0. The summed E-state index contributed by atoms with van der Waals surface area (Å²) in [4.78, 5) is 28.4. The highest BCUT2D eigenvalue weighted by Crippen LogP contribution is 2.27. The molecule has 0 bridgehead atoms. The van der Waals surface area contributed by atoms with E-state index in [0.29, 0.717) is 27.8 Å². The number of carbonyl (C=O) groups excluding carboxylic acids is 2. The van der Waals surface area contributed by atoms with Crippen molar-refractivity contribution in [2.45, 2.75) is 50.7 Å². The van der Waals surface area contributed by atoms with Crippen LogP contribution in [0.3, 0.4) is 0 Å². The first kappa shape index (κ1) is 31.3. The second-order valence-electron chi connectivity index (χ2n) is 9.27. The molecular formula is C29H33Cl2N3O5S. The minimum absolute atomic E-state index is 0.00460. The summed E-state index contributed by atoms with van der Waals surface area (Å²) in [5.74, 6) is -0.454. The quantitative estimate of drug-likeness (QED) is 0.293. The Bertz CT molecular complexity index is 1420. The predicted molar refractivity (Wildman–Crippen MR) is 158 cm³/mol. The van der Waals surface area contributed by atoms with Gasteiger partial charge in [0.05, 0.1) is 17.7 Å². The van der Waals surface area contributed by atoms with Gasteiger partial charge >= 0.3 is 0 Å². The van der Waals surface area contributed by atoms with Crippen LogP contribution in [0.25, 0.3) is 0 Å². The van der Waals surface area contributed by atoms with Crippen molar-refractivity contribution in [3.63, 3.8) is 0 Å². The zero-order valence-corrected chi connectivity index (χ0v) is 25.1. The van der Waals surface area contributed by atoms with Gasteiger partial charge in [-0.05, 0) is 80.4 Å². The summed E-state index contributed by atoms with van der Waals surface area (Å²) in [6.07, 6.45) is 0.710. The summed E-state index contributed by atoms with van der Waals surface area (Å²) in [7, 11) is -2.73. The molecule has 214 valence electrons. The molecule has 0 saturated carbocycles. The van der Waals surface area contributed by atoms with Crippen molar-refractivity contribution in [3.8, 4) is 5.75 Å². The van der Waals surface area contributed by atoms with Crippen molar-refractivity contribution in [1.29, 1.82) is 0 Å². The fourth-order valence-electron chi connectivity index (χ4n) is 3.87. The zero-order chi connectivity index (χ0) is 29.4. The number of halogens is 2. The Hall–Kier alpha value is -3.27. The minimum Gasteiger partial charge on any atom is -0.497 e. The molecular weight excluding hydrogens is 573 g/mol. The summed E-state index contributed by atoms with van der Waals surface area (Å²) in [5.41, 5.74) is 0.861. The van der Waals surface area contributed by atoms with Gasteiger partial charge in [0.25, 0.3) is 10.0 Å². The van der Waals surface area contributed by atoms with Crippen molar-refractivity contribution in [2.75, 3.05) is 18.0 Å². The van der Waals surface area contributed by atoms with E-state index in [1.165, 1.54) is 48.4 Å². The second-order valence-corrected chi connectivity index (χ2v) is 12.0. The molecule has 3 rings (SSSR count). The van der Waals surface area contributed by atoms with Crippen molar-refractivity contribution in [1.82, 2.24) is 10.2 Å². The smallest absolute Gasteiger partial charge is 0.264 e. The molecule has 3 aromatic carbocycles. The van der Waals surface area contributed by atoms with Crippen molar-refractivity contribution in [3.05, 3.63) is 88.4 Å². The van der Waals surface area contributed by atoms with Gasteiger partial charge in [-0.15, -0.1) is 0 Å². The van der Waals surface area contributed by atoms with Gasteiger partial charge in [-0.3, -0.25) is 13.9 Å². The lowest BCUT2D eigenvalue weighted by molar-refractivity contribution is -0.139. The van der Waals surface area contributed by atoms with Gasteiger partial charge < -0.3 is 15.0 Å². The van der Waals surface area contributed by atoms with Crippen LogP contribution in [0.1, 0.15) is 32.8 Å².